The minimum atomic E-state index is 0.0514. The highest BCUT2D eigenvalue weighted by atomic mass is 16.2. The van der Waals surface area contributed by atoms with Crippen LogP contribution >= 0.6 is 0 Å². The lowest BCUT2D eigenvalue weighted by Crippen LogP contribution is -2.44. The van der Waals surface area contributed by atoms with Crippen LogP contribution in [0.2, 0.25) is 0 Å². The molecule has 0 aromatic heterocycles. The van der Waals surface area contributed by atoms with Gasteiger partial charge in [0.2, 0.25) is 5.91 Å². The van der Waals surface area contributed by atoms with Gasteiger partial charge in [-0.15, -0.1) is 0 Å². The summed E-state index contributed by atoms with van der Waals surface area (Å²) in [6, 6.07) is 7.56. The van der Waals surface area contributed by atoms with Crippen LogP contribution in [0.1, 0.15) is 49.5 Å². The number of hydrogen-bond acceptors (Lipinski definition) is 3. The Morgan fingerprint density at radius 1 is 1.04 bits per heavy atom. The van der Waals surface area contributed by atoms with E-state index in [-0.39, 0.29) is 18.4 Å². The molecule has 1 aromatic carbocycles. The van der Waals surface area contributed by atoms with Gasteiger partial charge in [0.05, 0.1) is 13.1 Å². The highest BCUT2D eigenvalue weighted by Gasteiger charge is 2.17. The van der Waals surface area contributed by atoms with Crippen LogP contribution in [0.5, 0.6) is 0 Å². The monoisotopic (exact) mass is 387 g/mol. The third-order valence-electron chi connectivity index (χ3n) is 4.88. The average Bonchev–Trinajstić information content (AvgIpc) is 3.26. The molecule has 1 aliphatic rings. The van der Waals surface area contributed by atoms with E-state index in [1.54, 1.807) is 4.90 Å². The molecule has 1 aromatic rings. The fraction of sp³-hybridized carbons (Fsp3) is 0.571. The number of nitrogens with zero attached hydrogens (tertiary/aromatic N) is 3. The fourth-order valence-corrected chi connectivity index (χ4v) is 3.20. The van der Waals surface area contributed by atoms with Crippen LogP contribution in [0, 0.1) is 0 Å². The van der Waals surface area contributed by atoms with Crippen molar-refractivity contribution in [2.24, 2.45) is 4.99 Å². The molecular weight excluding hydrogens is 354 g/mol. The van der Waals surface area contributed by atoms with Crippen LogP contribution < -0.4 is 10.6 Å². The lowest BCUT2D eigenvalue weighted by Gasteiger charge is -2.18. The van der Waals surface area contributed by atoms with Crippen LogP contribution in [0.3, 0.4) is 0 Å². The first-order valence-electron chi connectivity index (χ1n) is 10.3. The Kier molecular flexibility index (Phi) is 8.78. The summed E-state index contributed by atoms with van der Waals surface area (Å²) < 4.78 is 0. The maximum absolute atomic E-state index is 12.4. The molecule has 0 aliphatic carbocycles. The number of guanidine groups is 1. The Hall–Kier alpha value is -2.57. The Morgan fingerprint density at radius 3 is 2.25 bits per heavy atom. The van der Waals surface area contributed by atoms with Gasteiger partial charge in [0.25, 0.3) is 5.91 Å². The van der Waals surface area contributed by atoms with Crippen LogP contribution in [-0.2, 0) is 11.3 Å². The standard InChI is InChI=1S/C21H33N5O2/c1-4-22-21(24-16-19(27)26-13-7-8-14-26)23-15-17-9-11-18(12-10-17)20(28)25(5-2)6-3/h9-12H,4-8,13-16H2,1-3H3,(H2,22,23,24). The average molecular weight is 388 g/mol. The second kappa shape index (κ2) is 11.3. The molecule has 0 radical (unpaired) electrons. The van der Waals surface area contributed by atoms with Crippen molar-refractivity contribution in [3.8, 4) is 0 Å². The maximum Gasteiger partial charge on any atom is 0.253 e. The molecule has 1 heterocycles. The highest BCUT2D eigenvalue weighted by Crippen LogP contribution is 2.09. The molecule has 2 rings (SSSR count). The summed E-state index contributed by atoms with van der Waals surface area (Å²) >= 11 is 0. The van der Waals surface area contributed by atoms with Crippen molar-refractivity contribution >= 4 is 17.8 Å². The van der Waals surface area contributed by atoms with Crippen molar-refractivity contribution in [3.63, 3.8) is 0 Å². The number of rotatable bonds is 8. The van der Waals surface area contributed by atoms with Crippen LogP contribution in [0.25, 0.3) is 0 Å². The summed E-state index contributed by atoms with van der Waals surface area (Å²) in [5, 5.41) is 6.28. The molecule has 0 unspecified atom stereocenters. The smallest absolute Gasteiger partial charge is 0.253 e. The van der Waals surface area contributed by atoms with E-state index in [1.165, 1.54) is 0 Å². The molecule has 1 saturated heterocycles. The van der Waals surface area contributed by atoms with Crippen molar-refractivity contribution in [1.29, 1.82) is 0 Å². The van der Waals surface area contributed by atoms with Gasteiger partial charge in [-0.2, -0.15) is 0 Å². The Labute approximate surface area is 168 Å². The molecule has 2 amide bonds. The van der Waals surface area contributed by atoms with Crippen LogP contribution in [0.15, 0.2) is 29.3 Å². The zero-order valence-electron chi connectivity index (χ0n) is 17.3. The third-order valence-corrected chi connectivity index (χ3v) is 4.88. The van der Waals surface area contributed by atoms with Gasteiger partial charge >= 0.3 is 0 Å². The number of carbonyl (C=O) groups excluding carboxylic acids is 2. The van der Waals surface area contributed by atoms with Gasteiger partial charge in [0, 0.05) is 38.3 Å². The summed E-state index contributed by atoms with van der Waals surface area (Å²) in [5.41, 5.74) is 1.71. The number of carbonyl (C=O) groups is 2. The van der Waals surface area contributed by atoms with Gasteiger partial charge in [-0.25, -0.2) is 4.99 Å². The maximum atomic E-state index is 12.4. The van der Waals surface area contributed by atoms with E-state index < -0.39 is 0 Å². The first kappa shape index (κ1) is 21.7. The molecule has 2 N–H and O–H groups in total. The first-order valence-corrected chi connectivity index (χ1v) is 10.3. The molecule has 154 valence electrons. The van der Waals surface area contributed by atoms with Gasteiger partial charge in [-0.3, -0.25) is 9.59 Å². The van der Waals surface area contributed by atoms with E-state index in [2.05, 4.69) is 15.6 Å². The van der Waals surface area contributed by atoms with E-state index in [4.69, 9.17) is 0 Å². The molecule has 1 aliphatic heterocycles. The van der Waals surface area contributed by atoms with E-state index >= 15 is 0 Å². The van der Waals surface area contributed by atoms with Crippen LogP contribution in [0.4, 0.5) is 0 Å². The van der Waals surface area contributed by atoms with Crippen molar-refractivity contribution in [1.82, 2.24) is 20.4 Å². The van der Waals surface area contributed by atoms with E-state index in [1.807, 2.05) is 49.9 Å². The zero-order chi connectivity index (χ0) is 20.4. The number of nitrogens with one attached hydrogen (secondary N) is 2. The molecule has 0 bridgehead atoms. The Morgan fingerprint density at radius 2 is 1.68 bits per heavy atom. The van der Waals surface area contributed by atoms with E-state index in [0.717, 1.165) is 38.0 Å². The molecule has 7 nitrogen and oxygen atoms in total. The largest absolute Gasteiger partial charge is 0.357 e. The van der Waals surface area contributed by atoms with E-state index in [0.29, 0.717) is 31.2 Å². The van der Waals surface area contributed by atoms with Gasteiger partial charge in [-0.1, -0.05) is 12.1 Å². The molecule has 1 fully saturated rings. The lowest BCUT2D eigenvalue weighted by molar-refractivity contribution is -0.128. The minimum Gasteiger partial charge on any atom is -0.357 e. The highest BCUT2D eigenvalue weighted by molar-refractivity contribution is 5.94. The predicted molar refractivity (Wildman–Crippen MR) is 112 cm³/mol. The quantitative estimate of drug-likeness (QED) is 0.527. The van der Waals surface area contributed by atoms with Crippen molar-refractivity contribution in [2.75, 3.05) is 39.3 Å². The van der Waals surface area contributed by atoms with Gasteiger partial charge in [0.1, 0.15) is 0 Å². The van der Waals surface area contributed by atoms with Gasteiger partial charge in [0.15, 0.2) is 5.96 Å². The topological polar surface area (TPSA) is 77.0 Å². The SMILES string of the molecule is CCNC(=NCc1ccc(C(=O)N(CC)CC)cc1)NCC(=O)N1CCCC1. The minimum absolute atomic E-state index is 0.0514. The zero-order valence-corrected chi connectivity index (χ0v) is 17.3. The summed E-state index contributed by atoms with van der Waals surface area (Å²) in [6.45, 7) is 10.5. The van der Waals surface area contributed by atoms with Crippen molar-refractivity contribution < 1.29 is 9.59 Å². The number of benzene rings is 1. The molecule has 7 heteroatoms. The Bertz CT molecular complexity index is 662. The van der Waals surface area contributed by atoms with Crippen molar-refractivity contribution in [2.45, 2.75) is 40.2 Å². The number of aliphatic imine (C=N–C) groups is 1. The van der Waals surface area contributed by atoms with Crippen molar-refractivity contribution in [3.05, 3.63) is 35.4 Å². The van der Waals surface area contributed by atoms with Gasteiger partial charge in [-0.05, 0) is 51.3 Å². The molecule has 0 saturated carbocycles. The van der Waals surface area contributed by atoms with Crippen LogP contribution in [-0.4, -0.2) is 66.8 Å². The van der Waals surface area contributed by atoms with Gasteiger partial charge < -0.3 is 20.4 Å². The molecule has 28 heavy (non-hydrogen) atoms. The lowest BCUT2D eigenvalue weighted by atomic mass is 10.1. The summed E-state index contributed by atoms with van der Waals surface area (Å²) in [6.07, 6.45) is 2.18. The molecule has 0 atom stereocenters. The Balaban J connectivity index is 1.92. The fourth-order valence-electron chi connectivity index (χ4n) is 3.20. The number of hydrogen-bond donors (Lipinski definition) is 2. The summed E-state index contributed by atoms with van der Waals surface area (Å²) in [7, 11) is 0. The first-order chi connectivity index (χ1) is 13.6. The second-order valence-electron chi connectivity index (χ2n) is 6.81. The third kappa shape index (κ3) is 6.25. The summed E-state index contributed by atoms with van der Waals surface area (Å²) in [5.74, 6) is 0.788. The second-order valence-corrected chi connectivity index (χ2v) is 6.81. The number of amides is 2. The van der Waals surface area contributed by atoms with E-state index in [9.17, 15) is 9.59 Å². The molecular formula is C21H33N5O2. The summed E-state index contributed by atoms with van der Waals surface area (Å²) in [4.78, 5) is 32.8. The molecule has 0 spiro atoms. The number of likely N-dealkylation sites (tertiary alicyclic amines) is 1. The predicted octanol–water partition coefficient (Wildman–Crippen LogP) is 1.85. The normalized spacial score (nSPS) is 14.1.